The number of benzene rings is 2. The Kier molecular flexibility index (Phi) is 10.2. The molecule has 0 saturated heterocycles. The SMILES string of the molecule is C=C[C@@H](C)CN(C)C(=O)C[C@@](O)(C(=O)OC)c1ccc2c(c1)N(C[C@@H]1CC[C@H]1[C@@H](O)C=C)C[C@@]1(CCCc3cc(Cl)ccc31)CO2. The number of aliphatic hydroxyl groups excluding tert-OH is 1. The fraction of sp³-hybridized carbons (Fsp3) is 0.514. The summed E-state index contributed by atoms with van der Waals surface area (Å²) in [6, 6.07) is 11.3. The summed E-state index contributed by atoms with van der Waals surface area (Å²) >= 11 is 6.41. The van der Waals surface area contributed by atoms with Crippen LogP contribution in [0.4, 0.5) is 5.69 Å². The molecule has 1 amide bonds. The third-order valence-electron chi connectivity index (χ3n) is 10.4. The summed E-state index contributed by atoms with van der Waals surface area (Å²) in [7, 11) is 2.85. The summed E-state index contributed by atoms with van der Waals surface area (Å²) in [5.41, 5.74) is 0.921. The zero-order valence-corrected chi connectivity index (χ0v) is 28.0. The van der Waals surface area contributed by atoms with Crippen LogP contribution >= 0.6 is 11.6 Å². The van der Waals surface area contributed by atoms with E-state index in [1.54, 1.807) is 37.4 Å². The topological polar surface area (TPSA) is 99.5 Å². The number of nitrogens with zero attached hydrogens (tertiary/aromatic N) is 2. The molecule has 1 fully saturated rings. The van der Waals surface area contributed by atoms with Gasteiger partial charge in [-0.15, -0.1) is 13.2 Å². The number of hydrogen-bond donors (Lipinski definition) is 2. The van der Waals surface area contributed by atoms with Crippen LogP contribution in [0.3, 0.4) is 0 Å². The van der Waals surface area contributed by atoms with E-state index in [9.17, 15) is 19.8 Å². The quantitative estimate of drug-likeness (QED) is 0.248. The Balaban J connectivity index is 1.55. The lowest BCUT2D eigenvalue weighted by Gasteiger charge is -2.45. The number of aryl methyl sites for hydroxylation is 1. The summed E-state index contributed by atoms with van der Waals surface area (Å²) in [5, 5.41) is 23.3. The molecule has 6 atom stereocenters. The Labute approximate surface area is 277 Å². The largest absolute Gasteiger partial charge is 0.490 e. The Hall–Kier alpha value is -3.33. The number of halogens is 1. The fourth-order valence-corrected chi connectivity index (χ4v) is 7.72. The first kappa shape index (κ1) is 34.0. The number of aliphatic hydroxyl groups is 2. The van der Waals surface area contributed by atoms with E-state index in [4.69, 9.17) is 21.1 Å². The number of hydrogen-bond acceptors (Lipinski definition) is 7. The molecule has 2 aromatic carbocycles. The highest BCUT2D eigenvalue weighted by molar-refractivity contribution is 6.30. The van der Waals surface area contributed by atoms with Crippen molar-refractivity contribution in [2.24, 2.45) is 17.8 Å². The number of rotatable bonds is 11. The minimum atomic E-state index is -2.21. The second-order valence-corrected chi connectivity index (χ2v) is 14.0. The molecule has 0 radical (unpaired) electrons. The lowest BCUT2D eigenvalue weighted by Crippen LogP contribution is -2.49. The molecule has 2 N–H and O–H groups in total. The van der Waals surface area contributed by atoms with Crippen molar-refractivity contribution in [3.05, 3.63) is 83.4 Å². The normalized spacial score (nSPS) is 24.5. The number of carbonyl (C=O) groups is 2. The molecular formula is C37H47ClN2O6. The maximum atomic E-state index is 13.3. The summed E-state index contributed by atoms with van der Waals surface area (Å²) in [6.07, 6.45) is 7.06. The highest BCUT2D eigenvalue weighted by atomic mass is 35.5. The molecule has 248 valence electrons. The number of esters is 1. The summed E-state index contributed by atoms with van der Waals surface area (Å²) in [5.74, 6) is -0.306. The van der Waals surface area contributed by atoms with Crippen LogP contribution < -0.4 is 9.64 Å². The second-order valence-electron chi connectivity index (χ2n) is 13.5. The third-order valence-corrected chi connectivity index (χ3v) is 10.7. The fourth-order valence-electron chi connectivity index (χ4n) is 7.52. The molecule has 0 aromatic heterocycles. The van der Waals surface area contributed by atoms with Crippen molar-refractivity contribution in [1.29, 1.82) is 0 Å². The first-order chi connectivity index (χ1) is 21.9. The molecule has 3 aliphatic rings. The average molecular weight is 651 g/mol. The van der Waals surface area contributed by atoms with E-state index < -0.39 is 30.0 Å². The highest BCUT2D eigenvalue weighted by Gasteiger charge is 2.46. The van der Waals surface area contributed by atoms with Crippen LogP contribution in [-0.2, 0) is 31.8 Å². The van der Waals surface area contributed by atoms with Gasteiger partial charge < -0.3 is 29.5 Å². The first-order valence-electron chi connectivity index (χ1n) is 16.2. The lowest BCUT2D eigenvalue weighted by atomic mass is 9.68. The van der Waals surface area contributed by atoms with Gasteiger partial charge in [0.25, 0.3) is 0 Å². The highest BCUT2D eigenvalue weighted by Crippen LogP contribution is 2.47. The van der Waals surface area contributed by atoms with Crippen molar-refractivity contribution in [1.82, 2.24) is 4.90 Å². The molecular weight excluding hydrogens is 604 g/mol. The maximum Gasteiger partial charge on any atom is 0.343 e. The number of methoxy groups -OCH3 is 1. The average Bonchev–Trinajstić information content (AvgIpc) is 3.18. The standard InChI is InChI=1S/C37H47ClN2O6/c1-6-24(3)20-39(4)34(42)19-37(44,35(43)45-5)27-11-15-33-31(18-27)40(21-26-10-13-29(26)32(41)7-2)22-36(23-46-33)16-8-9-25-17-28(38)12-14-30(25)36/h6-7,11-12,14-15,17-18,24,26,29,32,41,44H,1-2,8-10,13,16,19-23H2,3-5H3/t24-,26+,29-,32+,36+,37+/m1/s1. The van der Waals surface area contributed by atoms with E-state index >= 15 is 0 Å². The third kappa shape index (κ3) is 6.57. The van der Waals surface area contributed by atoms with E-state index in [1.807, 2.05) is 13.0 Å². The molecule has 2 aliphatic carbocycles. The van der Waals surface area contributed by atoms with Crippen LogP contribution in [0.1, 0.15) is 55.7 Å². The maximum absolute atomic E-state index is 13.3. The molecule has 0 bridgehead atoms. The molecule has 1 saturated carbocycles. The number of fused-ring (bicyclic) bond motifs is 3. The lowest BCUT2D eigenvalue weighted by molar-refractivity contribution is -0.168. The Morgan fingerprint density at radius 3 is 2.70 bits per heavy atom. The minimum Gasteiger partial charge on any atom is -0.490 e. The van der Waals surface area contributed by atoms with Crippen LogP contribution in [0.15, 0.2) is 61.7 Å². The van der Waals surface area contributed by atoms with Gasteiger partial charge in [-0.2, -0.15) is 0 Å². The molecule has 1 aliphatic heterocycles. The number of ether oxygens (including phenoxy) is 2. The molecule has 1 heterocycles. The van der Waals surface area contributed by atoms with Gasteiger partial charge in [0, 0.05) is 37.1 Å². The van der Waals surface area contributed by atoms with Gasteiger partial charge in [-0.25, -0.2) is 4.79 Å². The van der Waals surface area contributed by atoms with E-state index in [1.165, 1.54) is 23.1 Å². The van der Waals surface area contributed by atoms with Gasteiger partial charge in [-0.1, -0.05) is 42.8 Å². The van der Waals surface area contributed by atoms with Crippen molar-refractivity contribution in [2.75, 3.05) is 45.3 Å². The van der Waals surface area contributed by atoms with Crippen LogP contribution in [0, 0.1) is 17.8 Å². The van der Waals surface area contributed by atoms with Gasteiger partial charge in [0.1, 0.15) is 5.75 Å². The van der Waals surface area contributed by atoms with Gasteiger partial charge in [0.05, 0.1) is 31.9 Å². The van der Waals surface area contributed by atoms with Crippen LogP contribution in [0.5, 0.6) is 5.75 Å². The number of carbonyl (C=O) groups excluding carboxylic acids is 2. The van der Waals surface area contributed by atoms with Crippen molar-refractivity contribution < 1.29 is 29.3 Å². The zero-order valence-electron chi connectivity index (χ0n) is 27.2. The van der Waals surface area contributed by atoms with E-state index in [0.717, 1.165) is 37.8 Å². The minimum absolute atomic E-state index is 0.0431. The molecule has 9 heteroatoms. The molecule has 0 unspecified atom stereocenters. The predicted molar refractivity (Wildman–Crippen MR) is 180 cm³/mol. The predicted octanol–water partition coefficient (Wildman–Crippen LogP) is 5.42. The van der Waals surface area contributed by atoms with Gasteiger partial charge in [0.2, 0.25) is 5.91 Å². The van der Waals surface area contributed by atoms with Crippen LogP contribution in [-0.4, -0.2) is 73.5 Å². The molecule has 5 rings (SSSR count). The van der Waals surface area contributed by atoms with Crippen molar-refractivity contribution in [3.8, 4) is 5.75 Å². The first-order valence-corrected chi connectivity index (χ1v) is 16.6. The number of anilines is 1. The molecule has 46 heavy (non-hydrogen) atoms. The van der Waals surface area contributed by atoms with E-state index in [0.29, 0.717) is 37.0 Å². The number of amides is 1. The Morgan fingerprint density at radius 2 is 2.02 bits per heavy atom. The summed E-state index contributed by atoms with van der Waals surface area (Å²) in [6.45, 7) is 11.7. The summed E-state index contributed by atoms with van der Waals surface area (Å²) < 4.78 is 11.7. The van der Waals surface area contributed by atoms with Crippen LogP contribution in [0.2, 0.25) is 5.02 Å². The van der Waals surface area contributed by atoms with E-state index in [-0.39, 0.29) is 28.7 Å². The monoisotopic (exact) mass is 650 g/mol. The molecule has 2 aromatic rings. The Morgan fingerprint density at radius 1 is 1.24 bits per heavy atom. The van der Waals surface area contributed by atoms with Gasteiger partial charge in [-0.3, -0.25) is 4.79 Å². The van der Waals surface area contributed by atoms with Gasteiger partial charge >= 0.3 is 5.97 Å². The zero-order chi connectivity index (χ0) is 33.2. The van der Waals surface area contributed by atoms with Crippen molar-refractivity contribution in [3.63, 3.8) is 0 Å². The summed E-state index contributed by atoms with van der Waals surface area (Å²) in [4.78, 5) is 30.3. The van der Waals surface area contributed by atoms with Crippen molar-refractivity contribution >= 4 is 29.2 Å². The van der Waals surface area contributed by atoms with E-state index in [2.05, 4.69) is 30.2 Å². The van der Waals surface area contributed by atoms with Gasteiger partial charge in [0.15, 0.2) is 5.60 Å². The van der Waals surface area contributed by atoms with Gasteiger partial charge in [-0.05, 0) is 90.8 Å². The Bertz CT molecular complexity index is 1480. The molecule has 1 spiro atoms. The second kappa shape index (κ2) is 13.8. The van der Waals surface area contributed by atoms with Crippen molar-refractivity contribution in [2.45, 2.75) is 62.6 Å². The van der Waals surface area contributed by atoms with Crippen LogP contribution in [0.25, 0.3) is 0 Å². The molecule has 8 nitrogen and oxygen atoms in total. The smallest absolute Gasteiger partial charge is 0.343 e.